The van der Waals surface area contributed by atoms with Crippen LogP contribution in [-0.4, -0.2) is 23.8 Å². The number of methoxy groups -OCH3 is 1. The summed E-state index contributed by atoms with van der Waals surface area (Å²) in [6.07, 6.45) is -0.642. The van der Waals surface area contributed by atoms with Crippen LogP contribution < -0.4 is 0 Å². The molecule has 1 rings (SSSR count). The van der Waals surface area contributed by atoms with E-state index in [4.69, 9.17) is 4.74 Å². The van der Waals surface area contributed by atoms with Gasteiger partial charge in [-0.05, 0) is 35.0 Å². The van der Waals surface area contributed by atoms with Gasteiger partial charge in [0.15, 0.2) is 0 Å². The van der Waals surface area contributed by atoms with Gasteiger partial charge < -0.3 is 9.84 Å². The number of ether oxygens (including phenoxy) is 1. The number of nitrogens with zero attached hydrogens (tertiary/aromatic N) is 1. The molecule has 0 saturated carbocycles. The van der Waals surface area contributed by atoms with Crippen molar-refractivity contribution in [1.82, 2.24) is 4.98 Å². The summed E-state index contributed by atoms with van der Waals surface area (Å²) in [4.78, 5) is 4.21. The molecule has 72 valence electrons. The van der Waals surface area contributed by atoms with Crippen LogP contribution in [0.25, 0.3) is 0 Å². The first-order chi connectivity index (χ1) is 6.15. The maximum absolute atomic E-state index is 9.53. The Morgan fingerprint density at radius 1 is 1.62 bits per heavy atom. The summed E-state index contributed by atoms with van der Waals surface area (Å²) < 4.78 is 5.77. The second-order valence-electron chi connectivity index (χ2n) is 2.77. The van der Waals surface area contributed by atoms with Crippen molar-refractivity contribution in [1.29, 1.82) is 0 Å². The van der Waals surface area contributed by atoms with E-state index in [9.17, 15) is 5.11 Å². The first kappa shape index (κ1) is 10.6. The second-order valence-corrected chi connectivity index (χ2v) is 3.63. The third kappa shape index (κ3) is 2.76. The molecular weight excluding hydrogens is 234 g/mol. The number of halogens is 1. The number of hydrogen-bond acceptors (Lipinski definition) is 3. The summed E-state index contributed by atoms with van der Waals surface area (Å²) >= 11 is 3.34. The molecule has 1 aromatic rings. The molecule has 1 atom stereocenters. The zero-order chi connectivity index (χ0) is 9.84. The van der Waals surface area contributed by atoms with Gasteiger partial charge in [0.1, 0.15) is 6.10 Å². The molecule has 0 aromatic carbocycles. The summed E-state index contributed by atoms with van der Waals surface area (Å²) in [6.45, 7) is 2.15. The second kappa shape index (κ2) is 4.69. The Bertz CT molecular complexity index is 291. The van der Waals surface area contributed by atoms with Gasteiger partial charge in [-0.1, -0.05) is 0 Å². The van der Waals surface area contributed by atoms with Crippen LogP contribution in [0.4, 0.5) is 0 Å². The highest BCUT2D eigenvalue weighted by Crippen LogP contribution is 2.17. The average Bonchev–Trinajstić information content (AvgIpc) is 2.10. The van der Waals surface area contributed by atoms with Crippen LogP contribution in [0.5, 0.6) is 0 Å². The summed E-state index contributed by atoms with van der Waals surface area (Å²) in [5.74, 6) is 0. The normalized spacial score (nSPS) is 12.9. The highest BCUT2D eigenvalue weighted by molar-refractivity contribution is 9.10. The maximum Gasteiger partial charge on any atom is 0.119 e. The van der Waals surface area contributed by atoms with Gasteiger partial charge in [-0.25, -0.2) is 0 Å². The lowest BCUT2D eigenvalue weighted by atomic mass is 10.2. The Morgan fingerprint density at radius 3 is 2.85 bits per heavy atom. The summed E-state index contributed by atoms with van der Waals surface area (Å²) in [5.41, 5.74) is 1.51. The van der Waals surface area contributed by atoms with Crippen LogP contribution in [0.1, 0.15) is 17.5 Å². The number of aliphatic hydroxyl groups excluding tert-OH is 1. The number of aromatic nitrogens is 1. The van der Waals surface area contributed by atoms with Crippen LogP contribution in [0.2, 0.25) is 0 Å². The van der Waals surface area contributed by atoms with Crippen LogP contribution in [-0.2, 0) is 4.74 Å². The average molecular weight is 246 g/mol. The van der Waals surface area contributed by atoms with Gasteiger partial charge in [0, 0.05) is 11.6 Å². The van der Waals surface area contributed by atoms with Crippen LogP contribution in [0.3, 0.4) is 0 Å². The molecule has 0 spiro atoms. The molecule has 0 amide bonds. The molecule has 0 saturated heterocycles. The van der Waals surface area contributed by atoms with Crippen molar-refractivity contribution in [3.63, 3.8) is 0 Å². The molecule has 3 nitrogen and oxygen atoms in total. The van der Waals surface area contributed by atoms with E-state index in [-0.39, 0.29) is 6.61 Å². The molecule has 1 aromatic heterocycles. The van der Waals surface area contributed by atoms with Gasteiger partial charge in [0.25, 0.3) is 0 Å². The fourth-order valence-electron chi connectivity index (χ4n) is 0.992. The SMILES string of the molecule is COCC(O)c1ccc(Br)c(C)n1. The molecule has 0 bridgehead atoms. The third-order valence-corrected chi connectivity index (χ3v) is 2.55. The monoisotopic (exact) mass is 245 g/mol. The van der Waals surface area contributed by atoms with Gasteiger partial charge in [-0.3, -0.25) is 4.98 Å². The Kier molecular flexibility index (Phi) is 3.84. The molecule has 4 heteroatoms. The molecule has 1 unspecified atom stereocenters. The summed E-state index contributed by atoms with van der Waals surface area (Å²) in [7, 11) is 1.55. The van der Waals surface area contributed by atoms with Crippen molar-refractivity contribution in [3.8, 4) is 0 Å². The van der Waals surface area contributed by atoms with E-state index in [0.29, 0.717) is 5.69 Å². The molecule has 0 aliphatic carbocycles. The Balaban J connectivity index is 2.84. The predicted molar refractivity (Wildman–Crippen MR) is 53.5 cm³/mol. The molecule has 1 heterocycles. The van der Waals surface area contributed by atoms with Gasteiger partial charge in [-0.15, -0.1) is 0 Å². The van der Waals surface area contributed by atoms with E-state index in [1.54, 1.807) is 13.2 Å². The molecule has 0 fully saturated rings. The van der Waals surface area contributed by atoms with Gasteiger partial charge >= 0.3 is 0 Å². The van der Waals surface area contributed by atoms with Crippen molar-refractivity contribution in [2.75, 3.05) is 13.7 Å². The molecule has 0 aliphatic rings. The Labute approximate surface area is 85.9 Å². The van der Waals surface area contributed by atoms with Gasteiger partial charge in [0.2, 0.25) is 0 Å². The van der Waals surface area contributed by atoms with Gasteiger partial charge in [0.05, 0.1) is 18.0 Å². The standard InChI is InChI=1S/C9H12BrNO2/c1-6-7(10)3-4-8(11-6)9(12)5-13-2/h3-4,9,12H,5H2,1-2H3. The fourth-order valence-corrected chi connectivity index (χ4v) is 1.21. The smallest absolute Gasteiger partial charge is 0.119 e. The van der Waals surface area contributed by atoms with Crippen molar-refractivity contribution >= 4 is 15.9 Å². The van der Waals surface area contributed by atoms with Crippen LogP contribution >= 0.6 is 15.9 Å². The lowest BCUT2D eigenvalue weighted by Crippen LogP contribution is -2.07. The highest BCUT2D eigenvalue weighted by atomic mass is 79.9. The summed E-state index contributed by atoms with van der Waals surface area (Å²) in [6, 6.07) is 3.65. The quantitative estimate of drug-likeness (QED) is 0.884. The Morgan fingerprint density at radius 2 is 2.31 bits per heavy atom. The largest absolute Gasteiger partial charge is 0.384 e. The van der Waals surface area contributed by atoms with Crippen LogP contribution in [0.15, 0.2) is 16.6 Å². The number of aliphatic hydroxyl groups is 1. The van der Waals surface area contributed by atoms with Crippen molar-refractivity contribution in [2.45, 2.75) is 13.0 Å². The lowest BCUT2D eigenvalue weighted by molar-refractivity contribution is 0.0616. The van der Waals surface area contributed by atoms with E-state index in [1.165, 1.54) is 0 Å². The van der Waals surface area contributed by atoms with Crippen molar-refractivity contribution in [2.24, 2.45) is 0 Å². The van der Waals surface area contributed by atoms with Crippen molar-refractivity contribution in [3.05, 3.63) is 28.0 Å². The molecule has 1 N–H and O–H groups in total. The van der Waals surface area contributed by atoms with E-state index in [0.717, 1.165) is 10.2 Å². The number of rotatable bonds is 3. The van der Waals surface area contributed by atoms with Gasteiger partial charge in [-0.2, -0.15) is 0 Å². The van der Waals surface area contributed by atoms with E-state index in [1.807, 2.05) is 13.0 Å². The zero-order valence-electron chi connectivity index (χ0n) is 7.62. The van der Waals surface area contributed by atoms with Crippen molar-refractivity contribution < 1.29 is 9.84 Å². The lowest BCUT2D eigenvalue weighted by Gasteiger charge is -2.09. The molecule has 0 radical (unpaired) electrons. The third-order valence-electron chi connectivity index (χ3n) is 1.71. The first-order valence-electron chi connectivity index (χ1n) is 3.95. The van der Waals surface area contributed by atoms with E-state index in [2.05, 4.69) is 20.9 Å². The molecule has 0 aliphatic heterocycles. The maximum atomic E-state index is 9.53. The first-order valence-corrected chi connectivity index (χ1v) is 4.74. The minimum absolute atomic E-state index is 0.272. The predicted octanol–water partition coefficient (Wildman–Crippen LogP) is 1.83. The molecular formula is C9H12BrNO2. The van der Waals surface area contributed by atoms with E-state index < -0.39 is 6.10 Å². The minimum atomic E-state index is -0.642. The number of hydrogen-bond donors (Lipinski definition) is 1. The topological polar surface area (TPSA) is 42.4 Å². The molecule has 13 heavy (non-hydrogen) atoms. The fraction of sp³-hybridized carbons (Fsp3) is 0.444. The highest BCUT2D eigenvalue weighted by Gasteiger charge is 2.09. The number of pyridine rings is 1. The Hall–Kier alpha value is -0.450. The zero-order valence-corrected chi connectivity index (χ0v) is 9.21. The summed E-state index contributed by atoms with van der Waals surface area (Å²) in [5, 5.41) is 9.53. The number of aryl methyl sites for hydroxylation is 1. The van der Waals surface area contributed by atoms with Crippen LogP contribution in [0, 0.1) is 6.92 Å². The minimum Gasteiger partial charge on any atom is -0.384 e. The van der Waals surface area contributed by atoms with E-state index >= 15 is 0 Å².